The Morgan fingerprint density at radius 3 is 2.33 bits per heavy atom. The Labute approximate surface area is 217 Å². The molecule has 3 amide bonds. The van der Waals surface area contributed by atoms with E-state index >= 15 is 0 Å². The second-order valence-corrected chi connectivity index (χ2v) is 12.6. The van der Waals surface area contributed by atoms with Gasteiger partial charge in [-0.1, -0.05) is 33.1 Å². The molecule has 3 saturated heterocycles. The van der Waals surface area contributed by atoms with E-state index in [1.54, 1.807) is 7.05 Å². The summed E-state index contributed by atoms with van der Waals surface area (Å²) in [6, 6.07) is 0.273. The normalized spacial score (nSPS) is 37.4. The van der Waals surface area contributed by atoms with Gasteiger partial charge < -0.3 is 10.2 Å². The molecule has 0 aromatic rings. The topological polar surface area (TPSA) is 83.2 Å². The summed E-state index contributed by atoms with van der Waals surface area (Å²) in [5, 5.41) is 9.94. The molecule has 2 saturated carbocycles. The van der Waals surface area contributed by atoms with Crippen molar-refractivity contribution in [1.29, 1.82) is 0 Å². The van der Waals surface area contributed by atoms with Gasteiger partial charge in [-0.05, 0) is 63.3 Å². The lowest BCUT2D eigenvalue weighted by Gasteiger charge is -2.42. The minimum Gasteiger partial charge on any atom is -0.306 e. The van der Waals surface area contributed by atoms with Gasteiger partial charge in [0, 0.05) is 39.3 Å². The maximum atomic E-state index is 13.5. The number of imide groups is 1. The lowest BCUT2D eigenvalue weighted by Crippen LogP contribution is -2.64. The van der Waals surface area contributed by atoms with Gasteiger partial charge in [0.2, 0.25) is 5.91 Å². The molecule has 9 heteroatoms. The molecule has 5 rings (SSSR count). The van der Waals surface area contributed by atoms with Crippen molar-refractivity contribution in [2.24, 2.45) is 23.7 Å². The third-order valence-electron chi connectivity index (χ3n) is 9.46. The summed E-state index contributed by atoms with van der Waals surface area (Å²) in [7, 11) is 3.90. The first kappa shape index (κ1) is 26.4. The molecule has 4 unspecified atom stereocenters. The van der Waals surface area contributed by atoms with Crippen molar-refractivity contribution in [3.8, 4) is 0 Å². The van der Waals surface area contributed by atoms with Gasteiger partial charge in [-0.15, -0.1) is 0 Å². The van der Waals surface area contributed by atoms with Gasteiger partial charge in [0.25, 0.3) is 0 Å². The number of likely N-dealkylation sites (N-methyl/N-ethyl adjacent to an activating group) is 1. The highest BCUT2D eigenvalue weighted by Gasteiger charge is 2.55. The van der Waals surface area contributed by atoms with Gasteiger partial charge >= 0.3 is 6.03 Å². The largest absolute Gasteiger partial charge is 0.327 e. The van der Waals surface area contributed by atoms with E-state index in [0.29, 0.717) is 30.6 Å². The maximum absolute atomic E-state index is 13.5. The molecule has 0 aromatic heterocycles. The summed E-state index contributed by atoms with van der Waals surface area (Å²) in [4.78, 5) is 32.4. The average molecular weight is 504 g/mol. The predicted molar refractivity (Wildman–Crippen MR) is 140 cm³/mol. The molecule has 36 heavy (non-hydrogen) atoms. The second-order valence-electron chi connectivity index (χ2n) is 12.6. The first-order chi connectivity index (χ1) is 17.3. The van der Waals surface area contributed by atoms with E-state index in [1.807, 2.05) is 4.90 Å². The molecule has 4 atom stereocenters. The van der Waals surface area contributed by atoms with Crippen molar-refractivity contribution in [1.82, 2.24) is 35.8 Å². The van der Waals surface area contributed by atoms with Crippen molar-refractivity contribution in [3.63, 3.8) is 0 Å². The smallest absolute Gasteiger partial charge is 0.306 e. The SMILES string of the molecule is CC(C)CN1C(=O)N(C)C(=O)C2C(NC3CCCCC3)N(CC3CCC(C4NCCN4C)CC3)NC21. The van der Waals surface area contributed by atoms with E-state index in [0.717, 1.165) is 25.6 Å². The quantitative estimate of drug-likeness (QED) is 0.491. The van der Waals surface area contributed by atoms with Crippen LogP contribution in [0, 0.1) is 23.7 Å². The van der Waals surface area contributed by atoms with Crippen molar-refractivity contribution < 1.29 is 9.59 Å². The molecule has 204 valence electrons. The molecule has 0 bridgehead atoms. The third kappa shape index (κ3) is 5.32. The van der Waals surface area contributed by atoms with E-state index in [2.05, 4.69) is 46.9 Å². The Balaban J connectivity index is 1.30. The molecule has 2 aliphatic carbocycles. The number of nitrogens with zero attached hydrogens (tertiary/aromatic N) is 4. The van der Waals surface area contributed by atoms with Gasteiger partial charge in [-0.25, -0.2) is 15.2 Å². The Morgan fingerprint density at radius 2 is 1.69 bits per heavy atom. The van der Waals surface area contributed by atoms with Gasteiger partial charge in [0.05, 0.1) is 12.3 Å². The number of rotatable bonds is 7. The molecule has 5 fully saturated rings. The van der Waals surface area contributed by atoms with Gasteiger partial charge in [-0.2, -0.15) is 0 Å². The number of amides is 3. The summed E-state index contributed by atoms with van der Waals surface area (Å²) >= 11 is 0. The Bertz CT molecular complexity index is 780. The summed E-state index contributed by atoms with van der Waals surface area (Å²) < 4.78 is 0. The van der Waals surface area contributed by atoms with Crippen LogP contribution in [0.1, 0.15) is 71.6 Å². The maximum Gasteiger partial charge on any atom is 0.327 e. The van der Waals surface area contributed by atoms with Crippen LogP contribution in [-0.2, 0) is 4.79 Å². The molecule has 3 N–H and O–H groups in total. The standard InChI is InChI=1S/C27H49N7O2/c1-18(2)16-33-25-22(26(35)32(4)27(33)36)24(29-21-8-6-5-7-9-21)34(30-25)17-19-10-12-20(13-11-19)23-28-14-15-31(23)3/h18-25,28-30H,5-17H2,1-4H3. The number of nitrogens with one attached hydrogen (secondary N) is 3. The zero-order valence-electron chi connectivity index (χ0n) is 22.9. The molecule has 0 radical (unpaired) electrons. The summed E-state index contributed by atoms with van der Waals surface area (Å²) in [5.41, 5.74) is 3.70. The van der Waals surface area contributed by atoms with Crippen LogP contribution in [0.2, 0.25) is 0 Å². The van der Waals surface area contributed by atoms with Crippen molar-refractivity contribution in [3.05, 3.63) is 0 Å². The molecule has 0 aromatic carbocycles. The Kier molecular flexibility index (Phi) is 8.22. The fourth-order valence-corrected chi connectivity index (χ4v) is 7.49. The lowest BCUT2D eigenvalue weighted by atomic mass is 9.80. The van der Waals surface area contributed by atoms with Crippen LogP contribution < -0.4 is 16.1 Å². The number of urea groups is 1. The third-order valence-corrected chi connectivity index (χ3v) is 9.46. The second kappa shape index (κ2) is 11.2. The van der Waals surface area contributed by atoms with Gasteiger partial charge in [-0.3, -0.25) is 19.9 Å². The van der Waals surface area contributed by atoms with E-state index in [4.69, 9.17) is 0 Å². The van der Waals surface area contributed by atoms with Crippen LogP contribution in [0.4, 0.5) is 4.79 Å². The number of hydrogen-bond acceptors (Lipinski definition) is 7. The molecular formula is C27H49N7O2. The first-order valence-corrected chi connectivity index (χ1v) is 14.6. The van der Waals surface area contributed by atoms with Crippen molar-refractivity contribution in [2.45, 2.75) is 96.2 Å². The lowest BCUT2D eigenvalue weighted by molar-refractivity contribution is -0.138. The van der Waals surface area contributed by atoms with Crippen LogP contribution in [0.15, 0.2) is 0 Å². The van der Waals surface area contributed by atoms with Crippen LogP contribution in [0.3, 0.4) is 0 Å². The monoisotopic (exact) mass is 503 g/mol. The number of hydrogen-bond donors (Lipinski definition) is 3. The highest BCUT2D eigenvalue weighted by Crippen LogP contribution is 2.36. The first-order valence-electron chi connectivity index (χ1n) is 14.6. The minimum absolute atomic E-state index is 0.0487. The summed E-state index contributed by atoms with van der Waals surface area (Å²) in [6.07, 6.45) is 11.3. The molecule has 9 nitrogen and oxygen atoms in total. The zero-order valence-corrected chi connectivity index (χ0v) is 22.9. The van der Waals surface area contributed by atoms with Crippen molar-refractivity contribution in [2.75, 3.05) is 40.3 Å². The summed E-state index contributed by atoms with van der Waals surface area (Å²) in [5.74, 6) is 1.36. The molecule has 3 aliphatic heterocycles. The van der Waals surface area contributed by atoms with Crippen LogP contribution >= 0.6 is 0 Å². The van der Waals surface area contributed by atoms with E-state index < -0.39 is 0 Å². The minimum atomic E-state index is -0.277. The predicted octanol–water partition coefficient (Wildman–Crippen LogP) is 2.21. The van der Waals surface area contributed by atoms with E-state index in [-0.39, 0.29) is 30.2 Å². The number of hydrazine groups is 1. The number of fused-ring (bicyclic) bond motifs is 1. The fourth-order valence-electron chi connectivity index (χ4n) is 7.49. The van der Waals surface area contributed by atoms with E-state index in [1.165, 1.54) is 62.7 Å². The number of carbonyl (C=O) groups is 2. The van der Waals surface area contributed by atoms with Crippen LogP contribution in [0.25, 0.3) is 0 Å². The fraction of sp³-hybridized carbons (Fsp3) is 0.926. The molecule has 5 aliphatic rings. The van der Waals surface area contributed by atoms with Gasteiger partial charge in [0.15, 0.2) is 0 Å². The molecule has 3 heterocycles. The highest BCUT2D eigenvalue weighted by atomic mass is 16.2. The Morgan fingerprint density at radius 1 is 0.972 bits per heavy atom. The van der Waals surface area contributed by atoms with Crippen LogP contribution in [-0.4, -0.2) is 96.5 Å². The average Bonchev–Trinajstić information content (AvgIpc) is 3.45. The number of carbonyl (C=O) groups excluding carboxylic acids is 2. The molecular weight excluding hydrogens is 454 g/mol. The van der Waals surface area contributed by atoms with E-state index in [9.17, 15) is 9.59 Å². The zero-order chi connectivity index (χ0) is 25.4. The van der Waals surface area contributed by atoms with Gasteiger partial charge in [0.1, 0.15) is 12.1 Å². The van der Waals surface area contributed by atoms with Crippen LogP contribution in [0.5, 0.6) is 0 Å². The highest BCUT2D eigenvalue weighted by molar-refractivity contribution is 5.98. The molecule has 0 spiro atoms. The summed E-state index contributed by atoms with van der Waals surface area (Å²) in [6.45, 7) is 8.11. The van der Waals surface area contributed by atoms with Crippen molar-refractivity contribution >= 4 is 11.9 Å². The Hall–Kier alpha value is -1.26.